The lowest BCUT2D eigenvalue weighted by Gasteiger charge is -2.46. The minimum absolute atomic E-state index is 0.0142. The van der Waals surface area contributed by atoms with Gasteiger partial charge in [-0.15, -0.1) is 0 Å². The van der Waals surface area contributed by atoms with Gasteiger partial charge in [-0.2, -0.15) is 4.98 Å². The Hall–Kier alpha value is -2.12. The number of carbonyl (C=O) groups is 1. The number of ether oxygens (including phenoxy) is 1. The maximum absolute atomic E-state index is 12.6. The van der Waals surface area contributed by atoms with Gasteiger partial charge in [-0.1, -0.05) is 34.6 Å². The Kier molecular flexibility index (Phi) is 7.15. The van der Waals surface area contributed by atoms with Gasteiger partial charge in [0.05, 0.1) is 31.7 Å². The lowest BCUT2D eigenvalue weighted by molar-refractivity contribution is -0.164. The summed E-state index contributed by atoms with van der Waals surface area (Å²) in [6, 6.07) is -0.551. The molecule has 3 heterocycles. The first kappa shape index (κ1) is 25.5. The van der Waals surface area contributed by atoms with Gasteiger partial charge in [-0.05, 0) is 18.1 Å². The number of hydrogen-bond donors (Lipinski definition) is 4. The molecule has 1 fully saturated rings. The highest BCUT2D eigenvalue weighted by Crippen LogP contribution is 2.40. The molecule has 184 valence electrons. The number of anilines is 1. The van der Waals surface area contributed by atoms with E-state index in [-0.39, 0.29) is 47.2 Å². The van der Waals surface area contributed by atoms with Crippen LogP contribution >= 0.6 is 0 Å². The summed E-state index contributed by atoms with van der Waals surface area (Å²) in [6.07, 6.45) is -1.14. The summed E-state index contributed by atoms with van der Waals surface area (Å²) in [5.74, 6) is -0.569. The molecule has 0 unspecified atom stereocenters. The van der Waals surface area contributed by atoms with Gasteiger partial charge in [-0.25, -0.2) is 4.98 Å². The number of imidazole rings is 1. The molecule has 2 aromatic rings. The molecular formula is C21H35N5O6Si. The minimum Gasteiger partial charge on any atom is -0.409 e. The maximum Gasteiger partial charge on any atom is 0.280 e. The molecule has 33 heavy (non-hydrogen) atoms. The first-order chi connectivity index (χ1) is 15.3. The van der Waals surface area contributed by atoms with Crippen molar-refractivity contribution in [3.63, 3.8) is 0 Å². The topological polar surface area (TPSA) is 152 Å². The number of hydrogen-bond acceptors (Lipinski definition) is 8. The molecule has 1 saturated heterocycles. The predicted octanol–water partition coefficient (Wildman–Crippen LogP) is 1.40. The van der Waals surface area contributed by atoms with Gasteiger partial charge in [0.25, 0.3) is 5.56 Å². The smallest absolute Gasteiger partial charge is 0.280 e. The normalized spacial score (nSPS) is 24.4. The van der Waals surface area contributed by atoms with Crippen LogP contribution < -0.4 is 10.9 Å². The Morgan fingerprint density at radius 2 is 2.09 bits per heavy atom. The second-order valence-corrected chi connectivity index (χ2v) is 15.1. The predicted molar refractivity (Wildman–Crippen MR) is 126 cm³/mol. The SMILES string of the molecule is CC(C)C(=O)Nc1nc2c(ncn2[C@@H]2CO[C@H](CO)[C@@H](O)[C@@H]2O[Si](C)(C)C(C)(C)C)c(=O)[nH]1. The average molecular weight is 482 g/mol. The van der Waals surface area contributed by atoms with E-state index in [0.29, 0.717) is 0 Å². The summed E-state index contributed by atoms with van der Waals surface area (Å²) in [4.78, 5) is 35.9. The summed E-state index contributed by atoms with van der Waals surface area (Å²) in [6.45, 7) is 13.7. The van der Waals surface area contributed by atoms with E-state index in [2.05, 4.69) is 54.1 Å². The highest BCUT2D eigenvalue weighted by molar-refractivity contribution is 6.74. The number of fused-ring (bicyclic) bond motifs is 1. The molecule has 1 aliphatic heterocycles. The molecule has 0 radical (unpaired) electrons. The molecule has 12 heteroatoms. The molecule has 0 spiro atoms. The second-order valence-electron chi connectivity index (χ2n) is 10.3. The lowest BCUT2D eigenvalue weighted by Crippen LogP contribution is -2.57. The van der Waals surface area contributed by atoms with E-state index in [4.69, 9.17) is 9.16 Å². The van der Waals surface area contributed by atoms with E-state index < -0.39 is 38.2 Å². The Labute approximate surface area is 193 Å². The van der Waals surface area contributed by atoms with Gasteiger partial charge in [0, 0.05) is 5.92 Å². The molecule has 2 aromatic heterocycles. The number of aromatic nitrogens is 4. The number of aromatic amines is 1. The zero-order valence-electron chi connectivity index (χ0n) is 20.2. The summed E-state index contributed by atoms with van der Waals surface area (Å²) < 4.78 is 14.0. The monoisotopic (exact) mass is 481 g/mol. The van der Waals surface area contributed by atoms with E-state index in [1.165, 1.54) is 6.33 Å². The van der Waals surface area contributed by atoms with Crippen molar-refractivity contribution in [2.45, 2.75) is 77.1 Å². The van der Waals surface area contributed by atoms with Crippen LogP contribution in [0.1, 0.15) is 40.7 Å². The van der Waals surface area contributed by atoms with Crippen LogP contribution in [0.4, 0.5) is 5.95 Å². The Morgan fingerprint density at radius 1 is 1.42 bits per heavy atom. The second kappa shape index (κ2) is 9.26. The third kappa shape index (κ3) is 5.04. The quantitative estimate of drug-likeness (QED) is 0.452. The van der Waals surface area contributed by atoms with Crippen LogP contribution in [0.25, 0.3) is 11.2 Å². The van der Waals surface area contributed by atoms with Crippen LogP contribution in [0, 0.1) is 5.92 Å². The third-order valence-electron chi connectivity index (χ3n) is 6.55. The highest BCUT2D eigenvalue weighted by Gasteiger charge is 2.47. The van der Waals surface area contributed by atoms with Crippen molar-refractivity contribution in [3.05, 3.63) is 16.7 Å². The van der Waals surface area contributed by atoms with Crippen molar-refractivity contribution in [3.8, 4) is 0 Å². The van der Waals surface area contributed by atoms with Crippen LogP contribution in [0.2, 0.25) is 18.1 Å². The first-order valence-corrected chi connectivity index (χ1v) is 14.0. The largest absolute Gasteiger partial charge is 0.409 e. The maximum atomic E-state index is 12.6. The van der Waals surface area contributed by atoms with E-state index in [9.17, 15) is 19.8 Å². The molecule has 1 aliphatic rings. The molecule has 3 rings (SSSR count). The average Bonchev–Trinajstić information content (AvgIpc) is 3.12. The van der Waals surface area contributed by atoms with E-state index in [0.717, 1.165) is 0 Å². The van der Waals surface area contributed by atoms with Crippen molar-refractivity contribution in [2.75, 3.05) is 18.5 Å². The number of rotatable bonds is 6. The molecule has 11 nitrogen and oxygen atoms in total. The van der Waals surface area contributed by atoms with Crippen molar-refractivity contribution in [1.82, 2.24) is 19.5 Å². The number of H-pyrrole nitrogens is 1. The van der Waals surface area contributed by atoms with Gasteiger partial charge in [-0.3, -0.25) is 19.9 Å². The molecule has 4 N–H and O–H groups in total. The third-order valence-corrected chi connectivity index (χ3v) is 11.0. The molecule has 0 aliphatic carbocycles. The van der Waals surface area contributed by atoms with Crippen LogP contribution in [0.15, 0.2) is 11.1 Å². The van der Waals surface area contributed by atoms with Crippen LogP contribution in [-0.4, -0.2) is 75.5 Å². The number of nitrogens with one attached hydrogen (secondary N) is 2. The molecule has 0 aromatic carbocycles. The fourth-order valence-electron chi connectivity index (χ4n) is 3.41. The van der Waals surface area contributed by atoms with Gasteiger partial charge >= 0.3 is 0 Å². The van der Waals surface area contributed by atoms with Crippen LogP contribution in [0.3, 0.4) is 0 Å². The number of aliphatic hydroxyl groups is 2. The van der Waals surface area contributed by atoms with E-state index in [1.807, 2.05) is 0 Å². The Balaban J connectivity index is 2.06. The van der Waals surface area contributed by atoms with E-state index >= 15 is 0 Å². The Bertz CT molecular complexity index is 1060. The van der Waals surface area contributed by atoms with Crippen molar-refractivity contribution in [2.24, 2.45) is 5.92 Å². The highest BCUT2D eigenvalue weighted by atomic mass is 28.4. The van der Waals surface area contributed by atoms with Gasteiger partial charge in [0.1, 0.15) is 12.2 Å². The fraction of sp³-hybridized carbons (Fsp3) is 0.714. The molecule has 0 bridgehead atoms. The first-order valence-electron chi connectivity index (χ1n) is 11.1. The van der Waals surface area contributed by atoms with Crippen LogP contribution in [0.5, 0.6) is 0 Å². The number of carbonyl (C=O) groups excluding carboxylic acids is 1. The molecule has 0 saturated carbocycles. The van der Waals surface area contributed by atoms with Gasteiger partial charge in [0.2, 0.25) is 11.9 Å². The van der Waals surface area contributed by atoms with Gasteiger partial charge < -0.3 is 23.9 Å². The molecular weight excluding hydrogens is 446 g/mol. The summed E-state index contributed by atoms with van der Waals surface area (Å²) in [5.41, 5.74) is -0.155. The van der Waals surface area contributed by atoms with E-state index in [1.54, 1.807) is 18.4 Å². The standard InChI is InChI=1S/C21H35N5O6Si/c1-11(2)18(29)24-20-23-17-14(19(30)25-20)22-10-26(17)12-9-31-13(8-27)15(28)16(12)32-33(6,7)21(3,4)5/h10-13,15-16,27-28H,8-9H2,1-7H3,(H2,23,24,25,29,30)/t12-,13-,15-,16-/m1/s1. The zero-order chi connectivity index (χ0) is 24.7. The number of nitrogens with zero attached hydrogens (tertiary/aromatic N) is 3. The summed E-state index contributed by atoms with van der Waals surface area (Å²) in [5, 5.41) is 23.2. The zero-order valence-corrected chi connectivity index (χ0v) is 21.2. The lowest BCUT2D eigenvalue weighted by atomic mass is 9.98. The van der Waals surface area contributed by atoms with Crippen molar-refractivity contribution >= 4 is 31.3 Å². The van der Waals surface area contributed by atoms with Crippen molar-refractivity contribution < 1.29 is 24.2 Å². The van der Waals surface area contributed by atoms with Crippen LogP contribution in [-0.2, 0) is 14.0 Å². The van der Waals surface area contributed by atoms with Gasteiger partial charge in [0.15, 0.2) is 19.5 Å². The fourth-order valence-corrected chi connectivity index (χ4v) is 4.74. The van der Waals surface area contributed by atoms with Crippen molar-refractivity contribution in [1.29, 1.82) is 0 Å². The summed E-state index contributed by atoms with van der Waals surface area (Å²) in [7, 11) is -2.33. The number of amides is 1. The minimum atomic E-state index is -2.33. The Morgan fingerprint density at radius 3 is 2.67 bits per heavy atom. The summed E-state index contributed by atoms with van der Waals surface area (Å²) >= 11 is 0. The number of aliphatic hydroxyl groups excluding tert-OH is 2. The molecule has 1 amide bonds. The molecule has 4 atom stereocenters.